The van der Waals surface area contributed by atoms with E-state index in [2.05, 4.69) is 77.8 Å². The molecular weight excluding hydrogens is 1040 g/mol. The summed E-state index contributed by atoms with van der Waals surface area (Å²) in [6, 6.07) is 21.1. The molecule has 5 aliphatic rings. The first-order chi connectivity index (χ1) is 37.3. The maximum atomic E-state index is 15.0. The third-order valence-electron chi connectivity index (χ3n) is 16.8. The van der Waals surface area contributed by atoms with Gasteiger partial charge in [-0.05, 0) is 123 Å². The highest BCUT2D eigenvalue weighted by molar-refractivity contribution is 7.90. The molecule has 4 N–H and O–H groups in total. The van der Waals surface area contributed by atoms with Gasteiger partial charge in [-0.2, -0.15) is 0 Å². The largest absolute Gasteiger partial charge is 0.629 e. The lowest BCUT2D eigenvalue weighted by Gasteiger charge is -2.58. The number of rotatable bonds is 17. The van der Waals surface area contributed by atoms with Gasteiger partial charge in [-0.25, -0.2) is 32.5 Å². The van der Waals surface area contributed by atoms with Gasteiger partial charge in [0, 0.05) is 93.8 Å². The Morgan fingerprint density at radius 1 is 0.974 bits per heavy atom. The molecule has 20 heteroatoms. The number of amides is 1. The number of nitrogens with one attached hydrogen (secondary N) is 3. The monoisotopic (exact) mass is 1110 g/mol. The summed E-state index contributed by atoms with van der Waals surface area (Å²) in [5.41, 5.74) is 4.71. The summed E-state index contributed by atoms with van der Waals surface area (Å²) in [5.74, 6) is 0.0275. The van der Waals surface area contributed by atoms with Gasteiger partial charge in [-0.1, -0.05) is 49.7 Å². The van der Waals surface area contributed by atoms with Gasteiger partial charge in [0.25, 0.3) is 21.8 Å². The molecule has 1 spiro atoms. The van der Waals surface area contributed by atoms with Gasteiger partial charge < -0.3 is 39.8 Å². The van der Waals surface area contributed by atoms with E-state index in [9.17, 15) is 23.5 Å². The van der Waals surface area contributed by atoms with Crippen LogP contribution < -0.4 is 34.2 Å². The zero-order valence-corrected chi connectivity index (χ0v) is 46.9. The van der Waals surface area contributed by atoms with Gasteiger partial charge in [-0.3, -0.25) is 14.6 Å². The molecule has 2 aromatic carbocycles. The van der Waals surface area contributed by atoms with Crippen LogP contribution in [-0.2, 0) is 23.0 Å². The number of pyridine rings is 3. The lowest BCUT2D eigenvalue weighted by Crippen LogP contribution is -2.98. The minimum atomic E-state index is -4.59. The van der Waals surface area contributed by atoms with E-state index in [0.29, 0.717) is 48.1 Å². The molecule has 4 fully saturated rings. The standard InChI is InChI=1S/C58H71ClFN9O8S/c1-36(2)42-9-7-8-10-43(42)49-35-67(34-38-25-52(59)64-53(26-38)75-5)23-24-69(49)40-30-58(31-40)19-21-68(22-20-58)39-11-12-44(50(27-39)77-51-29-45-46(60)13-14-47(45)63-56(51)76-6)55(70)65-78(73,74)41-28-48(66(4)72)54(62-33-41)61-32-37-15-17-57(3,71)18-16-37/h7-13,25-29,33,36-37,40,49,66,71H,14-24,30-32,34-35H2,1-6H3,(H,61,62)(H,65,70)/t37-,49-,57-/m0/s1. The summed E-state index contributed by atoms with van der Waals surface area (Å²) >= 11 is 6.40. The summed E-state index contributed by atoms with van der Waals surface area (Å²) in [7, 11) is -0.246. The Kier molecular flexibility index (Phi) is 16.1. The van der Waals surface area contributed by atoms with Crippen molar-refractivity contribution in [3.05, 3.63) is 123 Å². The number of piperazine rings is 1. The lowest BCUT2D eigenvalue weighted by molar-refractivity contribution is -0.751. The van der Waals surface area contributed by atoms with E-state index < -0.39 is 32.4 Å². The summed E-state index contributed by atoms with van der Waals surface area (Å²) in [5, 5.41) is 26.5. The van der Waals surface area contributed by atoms with Crippen molar-refractivity contribution in [2.45, 2.75) is 114 Å². The van der Waals surface area contributed by atoms with Crippen LogP contribution in [-0.4, -0.2) is 116 Å². The number of hydrogen-bond donors (Lipinski definition) is 4. The number of aromatic nitrogens is 3. The van der Waals surface area contributed by atoms with Crippen molar-refractivity contribution in [2.24, 2.45) is 11.3 Å². The van der Waals surface area contributed by atoms with E-state index in [1.165, 1.54) is 49.6 Å². The highest BCUT2D eigenvalue weighted by Gasteiger charge is 2.50. The van der Waals surface area contributed by atoms with Crippen LogP contribution in [0.1, 0.15) is 122 Å². The number of carbonyl (C=O) groups excluding carboxylic acids is 1. The molecule has 5 aromatic rings. The zero-order valence-electron chi connectivity index (χ0n) is 45.3. The van der Waals surface area contributed by atoms with Crippen molar-refractivity contribution in [3.63, 3.8) is 0 Å². The van der Waals surface area contributed by atoms with Gasteiger partial charge in [0.2, 0.25) is 5.88 Å². The number of fused-ring (bicyclic) bond motifs is 1. The fraction of sp³-hybridized carbons (Fsp3) is 0.483. The maximum Gasteiger partial charge on any atom is 0.268 e. The Morgan fingerprint density at radius 2 is 1.73 bits per heavy atom. The quantitative estimate of drug-likeness (QED) is 0.0509. The number of benzene rings is 2. The van der Waals surface area contributed by atoms with Crippen molar-refractivity contribution in [1.29, 1.82) is 0 Å². The van der Waals surface area contributed by atoms with E-state index in [1.807, 2.05) is 19.1 Å². The molecule has 2 saturated carbocycles. The average molecular weight is 1110 g/mol. The molecule has 3 aliphatic carbocycles. The van der Waals surface area contributed by atoms with Gasteiger partial charge >= 0.3 is 0 Å². The molecule has 416 valence electrons. The fourth-order valence-electron chi connectivity index (χ4n) is 12.3. The Morgan fingerprint density at radius 3 is 2.45 bits per heavy atom. The predicted molar refractivity (Wildman–Crippen MR) is 298 cm³/mol. The number of halogens is 2. The smallest absolute Gasteiger partial charge is 0.268 e. The van der Waals surface area contributed by atoms with Crippen LogP contribution in [0.4, 0.5) is 21.6 Å². The summed E-state index contributed by atoms with van der Waals surface area (Å²) in [6.45, 7) is 11.8. The second kappa shape index (κ2) is 22.7. The third kappa shape index (κ3) is 12.0. The highest BCUT2D eigenvalue weighted by Crippen LogP contribution is 2.54. The Balaban J connectivity index is 0.855. The molecule has 2 atom stereocenters. The molecule has 0 radical (unpaired) electrons. The molecule has 1 unspecified atom stereocenters. The van der Waals surface area contributed by atoms with Crippen molar-refractivity contribution in [1.82, 2.24) is 29.5 Å². The van der Waals surface area contributed by atoms with Crippen LogP contribution in [0.2, 0.25) is 5.15 Å². The normalized spacial score (nSPS) is 22.1. The molecule has 78 heavy (non-hydrogen) atoms. The second-order valence-electron chi connectivity index (χ2n) is 22.6. The number of aliphatic hydroxyl groups is 1. The number of allylic oxidation sites excluding steroid dienone is 1. The van der Waals surface area contributed by atoms with Crippen molar-refractivity contribution in [3.8, 4) is 23.3 Å². The molecule has 10 rings (SSSR count). The van der Waals surface area contributed by atoms with E-state index in [-0.39, 0.29) is 68.7 Å². The van der Waals surface area contributed by atoms with Crippen molar-refractivity contribution < 1.29 is 42.0 Å². The molecular formula is C58H71ClFN9O8S. The molecule has 17 nitrogen and oxygen atoms in total. The van der Waals surface area contributed by atoms with Crippen LogP contribution in [0.25, 0.3) is 5.83 Å². The summed E-state index contributed by atoms with van der Waals surface area (Å²) in [6.07, 6.45) is 9.80. The summed E-state index contributed by atoms with van der Waals surface area (Å²) in [4.78, 5) is 34.6. The minimum absolute atomic E-state index is 0.0102. The van der Waals surface area contributed by atoms with Crippen LogP contribution in [0.5, 0.6) is 23.3 Å². The SMILES string of the molecule is COc1cc(CN2CCN(C3CC4(CCN(c5ccc(C(=O)NS(=O)(=O)c6cnc(NC[C@H]7CC[C@](C)(O)CC7)c([NH+](C)[O-])c6)c(Oc6cc7c(nc6OC)CC=C7F)c5)CC4)C3)[C@H](c3ccccc3C(C)C)C2)cc(Cl)n1. The second-order valence-corrected chi connectivity index (χ2v) is 24.6. The van der Waals surface area contributed by atoms with E-state index in [4.69, 9.17) is 25.8 Å². The average Bonchev–Trinajstić information content (AvgIpc) is 3.83. The number of piperidine rings is 1. The molecule has 2 aliphatic heterocycles. The number of quaternary nitrogens is 1. The predicted octanol–water partition coefficient (Wildman–Crippen LogP) is 8.75. The topological polar surface area (TPSA) is 199 Å². The van der Waals surface area contributed by atoms with Crippen LogP contribution in [0.15, 0.2) is 83.9 Å². The summed E-state index contributed by atoms with van der Waals surface area (Å²) < 4.78 is 62.7. The Hall–Kier alpha value is -5.93. The van der Waals surface area contributed by atoms with E-state index in [0.717, 1.165) is 95.2 Å². The van der Waals surface area contributed by atoms with E-state index >= 15 is 4.39 Å². The number of nitrogens with zero attached hydrogens (tertiary/aromatic N) is 6. The van der Waals surface area contributed by atoms with Crippen molar-refractivity contribution in [2.75, 3.05) is 70.8 Å². The zero-order chi connectivity index (χ0) is 55.1. The first kappa shape index (κ1) is 55.4. The number of hydroxylamine groups is 1. The highest BCUT2D eigenvalue weighted by atomic mass is 35.5. The maximum absolute atomic E-state index is 15.0. The Bertz CT molecular complexity index is 3170. The fourth-order valence-corrected chi connectivity index (χ4v) is 13.5. The van der Waals surface area contributed by atoms with Gasteiger partial charge in [0.05, 0.1) is 44.3 Å². The number of anilines is 2. The molecule has 3 aromatic heterocycles. The third-order valence-corrected chi connectivity index (χ3v) is 18.3. The first-order valence-corrected chi connectivity index (χ1v) is 29.0. The number of methoxy groups -OCH3 is 2. The van der Waals surface area contributed by atoms with E-state index in [1.54, 1.807) is 19.2 Å². The number of ether oxygens (including phenoxy) is 3. The van der Waals surface area contributed by atoms with Crippen LogP contribution in [0, 0.1) is 16.5 Å². The number of carbonyl (C=O) groups is 1. The molecule has 0 bridgehead atoms. The number of sulfonamides is 1. The molecule has 5 heterocycles. The van der Waals surface area contributed by atoms with Crippen LogP contribution >= 0.6 is 11.6 Å². The Labute approximate surface area is 461 Å². The van der Waals surface area contributed by atoms with Gasteiger partial charge in [0.15, 0.2) is 17.3 Å². The number of hydrogen-bond acceptors (Lipinski definition) is 15. The first-order valence-electron chi connectivity index (χ1n) is 27.1. The van der Waals surface area contributed by atoms with Crippen molar-refractivity contribution >= 4 is 50.6 Å². The van der Waals surface area contributed by atoms with Gasteiger partial charge in [0.1, 0.15) is 21.6 Å². The van der Waals surface area contributed by atoms with Crippen LogP contribution in [0.3, 0.4) is 0 Å². The lowest BCUT2D eigenvalue weighted by atomic mass is 9.59. The minimum Gasteiger partial charge on any atom is -0.629 e. The van der Waals surface area contributed by atoms with Gasteiger partial charge in [-0.15, -0.1) is 0 Å². The molecule has 1 amide bonds. The molecule has 2 saturated heterocycles.